The molecular weight excluding hydrogens is 343 g/mol. The van der Waals surface area contributed by atoms with Crippen LogP contribution in [0.15, 0.2) is 48.7 Å². The Morgan fingerprint density at radius 2 is 1.73 bits per heavy atom. The molecule has 1 fully saturated rings. The zero-order chi connectivity index (χ0) is 18.6. The van der Waals surface area contributed by atoms with Crippen LogP contribution in [0.4, 0.5) is 23.8 Å². The van der Waals surface area contributed by atoms with Gasteiger partial charge in [0.1, 0.15) is 5.82 Å². The van der Waals surface area contributed by atoms with E-state index in [1.54, 1.807) is 29.3 Å². The second kappa shape index (κ2) is 7.76. The number of carbonyl (C=O) groups is 1. The summed E-state index contributed by atoms with van der Waals surface area (Å²) in [4.78, 5) is 20.5. The van der Waals surface area contributed by atoms with Gasteiger partial charge < -0.3 is 4.90 Å². The Balaban J connectivity index is 1.83. The maximum absolute atomic E-state index is 13.0. The number of alkyl halides is 3. The molecule has 1 aliphatic heterocycles. The third-order valence-electron chi connectivity index (χ3n) is 4.41. The van der Waals surface area contributed by atoms with Crippen LogP contribution in [0, 0.1) is 0 Å². The summed E-state index contributed by atoms with van der Waals surface area (Å²) >= 11 is 0. The van der Waals surface area contributed by atoms with Crippen LogP contribution in [0.3, 0.4) is 0 Å². The minimum Gasteiger partial charge on any atom is -0.324 e. The summed E-state index contributed by atoms with van der Waals surface area (Å²) < 4.78 is 38.2. The monoisotopic (exact) mass is 363 g/mol. The summed E-state index contributed by atoms with van der Waals surface area (Å²) in [6, 6.07) is 9.99. The summed E-state index contributed by atoms with van der Waals surface area (Å²) in [6.45, 7) is 1.55. The number of rotatable bonds is 3. The molecule has 0 unspecified atom stereocenters. The maximum atomic E-state index is 13.0. The molecule has 0 radical (unpaired) electrons. The Morgan fingerprint density at radius 3 is 2.31 bits per heavy atom. The first-order valence-electron chi connectivity index (χ1n) is 8.59. The van der Waals surface area contributed by atoms with Gasteiger partial charge in [0.2, 0.25) is 0 Å². The molecule has 1 aliphatic rings. The molecule has 2 aromatic rings. The van der Waals surface area contributed by atoms with Gasteiger partial charge >= 0.3 is 12.2 Å². The van der Waals surface area contributed by atoms with Gasteiger partial charge in [0.05, 0.1) is 12.1 Å². The minimum absolute atomic E-state index is 0.164. The number of pyridine rings is 1. The van der Waals surface area contributed by atoms with Crippen LogP contribution in [-0.4, -0.2) is 29.0 Å². The molecule has 7 heteroatoms. The second-order valence-corrected chi connectivity index (χ2v) is 6.30. The van der Waals surface area contributed by atoms with E-state index in [1.165, 1.54) is 17.0 Å². The third kappa shape index (κ3) is 4.33. The van der Waals surface area contributed by atoms with Gasteiger partial charge in [-0.25, -0.2) is 9.78 Å². The predicted octanol–water partition coefficient (Wildman–Crippen LogP) is 4.71. The number of likely N-dealkylation sites (tertiary alicyclic amines) is 1. The Labute approximate surface area is 150 Å². The molecule has 3 rings (SSSR count). The van der Waals surface area contributed by atoms with E-state index >= 15 is 0 Å². The number of aromatic nitrogens is 1. The van der Waals surface area contributed by atoms with Crippen LogP contribution < -0.4 is 4.90 Å². The van der Waals surface area contributed by atoms with Gasteiger partial charge in [-0.1, -0.05) is 18.2 Å². The SMILES string of the molecule is O=C(N1CCCCC1)N(Cc1ccc(C(F)(F)F)cc1)c1ccccn1. The van der Waals surface area contributed by atoms with E-state index in [0.29, 0.717) is 24.5 Å². The third-order valence-corrected chi connectivity index (χ3v) is 4.41. The van der Waals surface area contributed by atoms with Crippen LogP contribution >= 0.6 is 0 Å². The number of hydrogen-bond acceptors (Lipinski definition) is 2. The lowest BCUT2D eigenvalue weighted by molar-refractivity contribution is -0.137. The molecule has 0 aliphatic carbocycles. The van der Waals surface area contributed by atoms with Gasteiger partial charge in [-0.05, 0) is 49.1 Å². The highest BCUT2D eigenvalue weighted by atomic mass is 19.4. The van der Waals surface area contributed by atoms with E-state index in [2.05, 4.69) is 4.98 Å². The lowest BCUT2D eigenvalue weighted by Crippen LogP contribution is -2.45. The fraction of sp³-hybridized carbons (Fsp3) is 0.368. The Morgan fingerprint density at radius 1 is 1.04 bits per heavy atom. The van der Waals surface area contributed by atoms with E-state index in [0.717, 1.165) is 31.4 Å². The molecule has 0 spiro atoms. The highest BCUT2D eigenvalue weighted by molar-refractivity contribution is 5.91. The number of carbonyl (C=O) groups excluding carboxylic acids is 1. The van der Waals surface area contributed by atoms with Crippen LogP contribution in [-0.2, 0) is 12.7 Å². The first-order chi connectivity index (χ1) is 12.4. The van der Waals surface area contributed by atoms with Crippen molar-refractivity contribution in [3.05, 3.63) is 59.8 Å². The zero-order valence-corrected chi connectivity index (χ0v) is 14.2. The molecule has 0 atom stereocenters. The summed E-state index contributed by atoms with van der Waals surface area (Å²) in [7, 11) is 0. The smallest absolute Gasteiger partial charge is 0.324 e. The van der Waals surface area contributed by atoms with Crippen molar-refractivity contribution in [3.8, 4) is 0 Å². The lowest BCUT2D eigenvalue weighted by Gasteiger charge is -2.32. The number of nitrogens with zero attached hydrogens (tertiary/aromatic N) is 3. The molecule has 2 amide bonds. The van der Waals surface area contributed by atoms with Crippen LogP contribution in [0.1, 0.15) is 30.4 Å². The quantitative estimate of drug-likeness (QED) is 0.792. The highest BCUT2D eigenvalue weighted by Crippen LogP contribution is 2.29. The number of hydrogen-bond donors (Lipinski definition) is 0. The molecule has 1 aromatic carbocycles. The van der Waals surface area contributed by atoms with Crippen molar-refractivity contribution in [3.63, 3.8) is 0 Å². The zero-order valence-electron chi connectivity index (χ0n) is 14.2. The molecule has 1 saturated heterocycles. The average molecular weight is 363 g/mol. The van der Waals surface area contributed by atoms with Gasteiger partial charge in [0.25, 0.3) is 0 Å². The van der Waals surface area contributed by atoms with Crippen LogP contribution in [0.25, 0.3) is 0 Å². The number of amides is 2. The van der Waals surface area contributed by atoms with Crippen molar-refractivity contribution in [2.45, 2.75) is 32.0 Å². The van der Waals surface area contributed by atoms with Gasteiger partial charge in [0.15, 0.2) is 0 Å². The van der Waals surface area contributed by atoms with Crippen LogP contribution in [0.5, 0.6) is 0 Å². The minimum atomic E-state index is -4.37. The lowest BCUT2D eigenvalue weighted by atomic mass is 10.1. The van der Waals surface area contributed by atoms with E-state index in [1.807, 2.05) is 0 Å². The summed E-state index contributed by atoms with van der Waals surface area (Å²) in [6.07, 6.45) is 0.248. The highest BCUT2D eigenvalue weighted by Gasteiger charge is 2.30. The Bertz CT molecular complexity index is 726. The number of benzene rings is 1. The van der Waals surface area contributed by atoms with Crippen molar-refractivity contribution < 1.29 is 18.0 Å². The molecule has 0 bridgehead atoms. The second-order valence-electron chi connectivity index (χ2n) is 6.30. The predicted molar refractivity (Wildman–Crippen MR) is 92.7 cm³/mol. The van der Waals surface area contributed by atoms with Gasteiger partial charge in [-0.15, -0.1) is 0 Å². The average Bonchev–Trinajstić information content (AvgIpc) is 2.66. The van der Waals surface area contributed by atoms with E-state index in [9.17, 15) is 18.0 Å². The van der Waals surface area contributed by atoms with Gasteiger partial charge in [0, 0.05) is 19.3 Å². The number of anilines is 1. The summed E-state index contributed by atoms with van der Waals surface area (Å²) in [5.74, 6) is 0.489. The Kier molecular flexibility index (Phi) is 5.44. The first kappa shape index (κ1) is 18.2. The van der Waals surface area contributed by atoms with E-state index < -0.39 is 11.7 Å². The molecule has 0 N–H and O–H groups in total. The number of urea groups is 1. The van der Waals surface area contributed by atoms with E-state index in [4.69, 9.17) is 0 Å². The molecule has 26 heavy (non-hydrogen) atoms. The molecule has 0 saturated carbocycles. The number of piperidine rings is 1. The topological polar surface area (TPSA) is 36.4 Å². The normalized spacial score (nSPS) is 15.0. The largest absolute Gasteiger partial charge is 0.416 e. The standard InChI is InChI=1S/C19H20F3N3O/c20-19(21,22)16-9-7-15(8-10-16)14-25(17-6-2-3-11-23-17)18(26)24-12-4-1-5-13-24/h2-3,6-11H,1,4-5,12-14H2. The van der Waals surface area contributed by atoms with Crippen molar-refractivity contribution >= 4 is 11.8 Å². The molecule has 1 aromatic heterocycles. The van der Waals surface area contributed by atoms with Crippen molar-refractivity contribution in [1.82, 2.24) is 9.88 Å². The fourth-order valence-electron chi connectivity index (χ4n) is 3.00. The van der Waals surface area contributed by atoms with Gasteiger partial charge in [-0.3, -0.25) is 4.90 Å². The molecule has 138 valence electrons. The van der Waals surface area contributed by atoms with Crippen molar-refractivity contribution in [2.75, 3.05) is 18.0 Å². The summed E-state index contributed by atoms with van der Waals surface area (Å²) in [5.41, 5.74) is -0.0815. The molecule has 4 nitrogen and oxygen atoms in total. The van der Waals surface area contributed by atoms with Crippen molar-refractivity contribution in [1.29, 1.82) is 0 Å². The maximum Gasteiger partial charge on any atom is 0.416 e. The van der Waals surface area contributed by atoms with Crippen LogP contribution in [0.2, 0.25) is 0 Å². The van der Waals surface area contributed by atoms with Crippen molar-refractivity contribution in [2.24, 2.45) is 0 Å². The molecule has 2 heterocycles. The Hall–Kier alpha value is -2.57. The molecular formula is C19H20F3N3O. The summed E-state index contributed by atoms with van der Waals surface area (Å²) in [5, 5.41) is 0. The van der Waals surface area contributed by atoms with Gasteiger partial charge in [-0.2, -0.15) is 13.2 Å². The first-order valence-corrected chi connectivity index (χ1v) is 8.59. The number of halogens is 3. The fourth-order valence-corrected chi connectivity index (χ4v) is 3.00. The van der Waals surface area contributed by atoms with E-state index in [-0.39, 0.29) is 12.6 Å².